The third-order valence-electron chi connectivity index (χ3n) is 1.78. The maximum Gasteiger partial charge on any atom is 0.407 e. The van der Waals surface area contributed by atoms with Gasteiger partial charge in [-0.15, -0.1) is 0 Å². The van der Waals surface area contributed by atoms with Gasteiger partial charge in [-0.1, -0.05) is 0 Å². The van der Waals surface area contributed by atoms with Crippen LogP contribution in [-0.2, 0) is 11.2 Å². The fourth-order valence-electron chi connectivity index (χ4n) is 1.11. The van der Waals surface area contributed by atoms with Gasteiger partial charge in [0, 0.05) is 18.9 Å². The number of ether oxygens (including phenoxy) is 1. The summed E-state index contributed by atoms with van der Waals surface area (Å²) in [5.41, 5.74) is 1.15. The average Bonchev–Trinajstić information content (AvgIpc) is 2.18. The molecule has 0 unspecified atom stereocenters. The van der Waals surface area contributed by atoms with Gasteiger partial charge in [-0.25, -0.2) is 4.79 Å². The molecule has 1 aromatic heterocycles. The molecule has 1 aromatic rings. The number of carbonyl (C=O) groups excluding carboxylic acids is 1. The number of nitrogens with zero attached hydrogens (tertiary/aromatic N) is 1. The van der Waals surface area contributed by atoms with Crippen LogP contribution in [0, 0.1) is 0 Å². The molecule has 1 rings (SSSR count). The van der Waals surface area contributed by atoms with Gasteiger partial charge in [-0.2, -0.15) is 0 Å². The molecule has 0 bridgehead atoms. The molecular weight excluding hydrogens is 192 g/mol. The van der Waals surface area contributed by atoms with Crippen molar-refractivity contribution in [2.24, 2.45) is 0 Å². The first-order chi connectivity index (χ1) is 7.18. The lowest BCUT2D eigenvalue weighted by atomic mass is 10.2. The maximum absolute atomic E-state index is 11.1. The van der Waals surface area contributed by atoms with E-state index >= 15 is 0 Å². The normalized spacial score (nSPS) is 10.1. The predicted octanol–water partition coefficient (Wildman–Crippen LogP) is 1.76. The Bertz CT molecular complexity index is 299. The maximum atomic E-state index is 11.1. The quantitative estimate of drug-likeness (QED) is 0.820. The third-order valence-corrected chi connectivity index (χ3v) is 1.78. The van der Waals surface area contributed by atoms with Crippen molar-refractivity contribution < 1.29 is 9.53 Å². The van der Waals surface area contributed by atoms with Crippen LogP contribution < -0.4 is 5.32 Å². The largest absolute Gasteiger partial charge is 0.447 e. The number of hydrogen-bond donors (Lipinski definition) is 1. The standard InChI is InChI=1S/C11H16N2O2/c1-9(2)15-11(14)13-8-5-10-3-6-12-7-4-10/h3-4,6-7,9H,5,8H2,1-2H3,(H,13,14). The van der Waals surface area contributed by atoms with Gasteiger partial charge in [-0.05, 0) is 38.0 Å². The number of rotatable bonds is 4. The van der Waals surface area contributed by atoms with Gasteiger partial charge in [0.1, 0.15) is 0 Å². The van der Waals surface area contributed by atoms with Crippen molar-refractivity contribution in [3.63, 3.8) is 0 Å². The van der Waals surface area contributed by atoms with E-state index in [2.05, 4.69) is 10.3 Å². The molecule has 0 spiro atoms. The molecule has 0 saturated carbocycles. The zero-order valence-corrected chi connectivity index (χ0v) is 9.06. The molecule has 15 heavy (non-hydrogen) atoms. The van der Waals surface area contributed by atoms with Crippen LogP contribution in [0.1, 0.15) is 19.4 Å². The van der Waals surface area contributed by atoms with Gasteiger partial charge < -0.3 is 10.1 Å². The molecule has 0 aliphatic rings. The number of amides is 1. The molecule has 0 atom stereocenters. The van der Waals surface area contributed by atoms with E-state index in [0.717, 1.165) is 12.0 Å². The number of alkyl carbamates (subject to hydrolysis) is 1. The highest BCUT2D eigenvalue weighted by molar-refractivity contribution is 5.67. The first kappa shape index (κ1) is 11.5. The van der Waals surface area contributed by atoms with E-state index in [1.807, 2.05) is 26.0 Å². The molecule has 0 aromatic carbocycles. The van der Waals surface area contributed by atoms with Crippen LogP contribution in [0.15, 0.2) is 24.5 Å². The molecular formula is C11H16N2O2. The van der Waals surface area contributed by atoms with E-state index in [4.69, 9.17) is 4.74 Å². The highest BCUT2D eigenvalue weighted by Gasteiger charge is 2.03. The number of nitrogens with one attached hydrogen (secondary N) is 1. The van der Waals surface area contributed by atoms with Crippen LogP contribution >= 0.6 is 0 Å². The Balaban J connectivity index is 2.19. The number of aromatic nitrogens is 1. The lowest BCUT2D eigenvalue weighted by Crippen LogP contribution is -2.28. The van der Waals surface area contributed by atoms with E-state index in [1.54, 1.807) is 12.4 Å². The lowest BCUT2D eigenvalue weighted by Gasteiger charge is -2.09. The SMILES string of the molecule is CC(C)OC(=O)NCCc1ccncc1. The monoisotopic (exact) mass is 208 g/mol. The van der Waals surface area contributed by atoms with Crippen molar-refractivity contribution in [3.05, 3.63) is 30.1 Å². The Hall–Kier alpha value is -1.58. The fraction of sp³-hybridized carbons (Fsp3) is 0.455. The Labute approximate surface area is 89.7 Å². The molecule has 1 N–H and O–H groups in total. The second-order valence-electron chi connectivity index (χ2n) is 3.49. The van der Waals surface area contributed by atoms with Crippen molar-refractivity contribution in [1.29, 1.82) is 0 Å². The Kier molecular flexibility index (Phi) is 4.60. The molecule has 1 heterocycles. The van der Waals surface area contributed by atoms with E-state index in [1.165, 1.54) is 0 Å². The van der Waals surface area contributed by atoms with E-state index < -0.39 is 0 Å². The van der Waals surface area contributed by atoms with Crippen LogP contribution in [0.4, 0.5) is 4.79 Å². The molecule has 1 amide bonds. The van der Waals surface area contributed by atoms with Crippen LogP contribution in [0.5, 0.6) is 0 Å². The average molecular weight is 208 g/mol. The lowest BCUT2D eigenvalue weighted by molar-refractivity contribution is 0.116. The smallest absolute Gasteiger partial charge is 0.407 e. The number of pyridine rings is 1. The highest BCUT2D eigenvalue weighted by Crippen LogP contribution is 1.96. The Morgan fingerprint density at radius 3 is 2.73 bits per heavy atom. The molecule has 0 radical (unpaired) electrons. The first-order valence-electron chi connectivity index (χ1n) is 5.02. The number of carbonyl (C=O) groups is 1. The summed E-state index contributed by atoms with van der Waals surface area (Å²) in [6, 6.07) is 3.85. The predicted molar refractivity (Wildman–Crippen MR) is 57.6 cm³/mol. The summed E-state index contributed by atoms with van der Waals surface area (Å²) < 4.78 is 4.93. The fourth-order valence-corrected chi connectivity index (χ4v) is 1.11. The van der Waals surface area contributed by atoms with Gasteiger partial charge in [-0.3, -0.25) is 4.98 Å². The van der Waals surface area contributed by atoms with Gasteiger partial charge in [0.25, 0.3) is 0 Å². The van der Waals surface area contributed by atoms with Gasteiger partial charge in [0.2, 0.25) is 0 Å². The van der Waals surface area contributed by atoms with Crippen molar-refractivity contribution in [2.75, 3.05) is 6.54 Å². The summed E-state index contributed by atoms with van der Waals surface area (Å²) >= 11 is 0. The van der Waals surface area contributed by atoms with Gasteiger partial charge >= 0.3 is 6.09 Å². The third kappa shape index (κ3) is 5.00. The first-order valence-corrected chi connectivity index (χ1v) is 5.02. The molecule has 4 nitrogen and oxygen atoms in total. The van der Waals surface area contributed by atoms with Gasteiger partial charge in [0.15, 0.2) is 0 Å². The van der Waals surface area contributed by atoms with Crippen molar-refractivity contribution >= 4 is 6.09 Å². The topological polar surface area (TPSA) is 51.2 Å². The van der Waals surface area contributed by atoms with E-state index in [0.29, 0.717) is 6.54 Å². The summed E-state index contributed by atoms with van der Waals surface area (Å²) in [7, 11) is 0. The highest BCUT2D eigenvalue weighted by atomic mass is 16.6. The molecule has 0 aliphatic heterocycles. The zero-order chi connectivity index (χ0) is 11.1. The van der Waals surface area contributed by atoms with Crippen molar-refractivity contribution in [2.45, 2.75) is 26.4 Å². The van der Waals surface area contributed by atoms with Gasteiger partial charge in [0.05, 0.1) is 6.10 Å². The second kappa shape index (κ2) is 6.01. The minimum atomic E-state index is -0.362. The summed E-state index contributed by atoms with van der Waals surface area (Å²) in [5, 5.41) is 2.68. The van der Waals surface area contributed by atoms with Crippen LogP contribution in [0.25, 0.3) is 0 Å². The summed E-state index contributed by atoms with van der Waals surface area (Å²) in [6.45, 7) is 4.22. The Morgan fingerprint density at radius 1 is 1.47 bits per heavy atom. The minimum Gasteiger partial charge on any atom is -0.447 e. The van der Waals surface area contributed by atoms with E-state index in [-0.39, 0.29) is 12.2 Å². The molecule has 4 heteroatoms. The molecule has 82 valence electrons. The molecule has 0 fully saturated rings. The summed E-state index contributed by atoms with van der Waals surface area (Å²) in [5.74, 6) is 0. The minimum absolute atomic E-state index is 0.0778. The number of hydrogen-bond acceptors (Lipinski definition) is 3. The van der Waals surface area contributed by atoms with Crippen LogP contribution in [-0.4, -0.2) is 23.7 Å². The van der Waals surface area contributed by atoms with Crippen LogP contribution in [0.2, 0.25) is 0 Å². The second-order valence-corrected chi connectivity index (χ2v) is 3.49. The van der Waals surface area contributed by atoms with Crippen molar-refractivity contribution in [1.82, 2.24) is 10.3 Å². The van der Waals surface area contributed by atoms with Crippen LogP contribution in [0.3, 0.4) is 0 Å². The molecule has 0 aliphatic carbocycles. The molecule has 0 saturated heterocycles. The summed E-state index contributed by atoms with van der Waals surface area (Å²) in [4.78, 5) is 15.0. The summed E-state index contributed by atoms with van der Waals surface area (Å²) in [6.07, 6.45) is 3.82. The zero-order valence-electron chi connectivity index (χ0n) is 9.06. The van der Waals surface area contributed by atoms with Crippen molar-refractivity contribution in [3.8, 4) is 0 Å². The Morgan fingerprint density at radius 2 is 2.13 bits per heavy atom. The van der Waals surface area contributed by atoms with E-state index in [9.17, 15) is 4.79 Å².